The Labute approximate surface area is 203 Å². The molecule has 0 aliphatic carbocycles. The molecule has 3 heterocycles. The Bertz CT molecular complexity index is 1260. The highest BCUT2D eigenvalue weighted by Gasteiger charge is 2.34. The number of benzene rings is 2. The van der Waals surface area contributed by atoms with Crippen LogP contribution in [0.2, 0.25) is 0 Å². The molecule has 1 unspecified atom stereocenters. The maximum atomic E-state index is 13.5. The molecule has 2 fully saturated rings. The zero-order chi connectivity index (χ0) is 23.9. The molecule has 2 aliphatic rings. The van der Waals surface area contributed by atoms with Crippen molar-refractivity contribution in [2.45, 2.75) is 62.8 Å². The zero-order valence-electron chi connectivity index (χ0n) is 20.4. The average molecular weight is 482 g/mol. The van der Waals surface area contributed by atoms with Crippen LogP contribution in [0.3, 0.4) is 0 Å². The predicted octanol–water partition coefficient (Wildman–Crippen LogP) is 4.94. The van der Waals surface area contributed by atoms with Crippen molar-refractivity contribution in [3.8, 4) is 0 Å². The highest BCUT2D eigenvalue weighted by molar-refractivity contribution is 7.89. The minimum Gasteiger partial charge on any atom is -0.381 e. The molecule has 1 aromatic heterocycles. The number of fused-ring (bicyclic) bond motifs is 1. The van der Waals surface area contributed by atoms with E-state index in [1.54, 1.807) is 16.4 Å². The standard InChI is InChI=1S/C27H35N3O3S/c1-27(2,3)26-28-24-17-23(9-10-25(24)30(26)18-20-12-15-33-16-13-20)34(31,32)29-14-11-22(19-29)21-7-5-4-6-8-21/h4-10,17,20,22H,11-16,18-19H2,1-3H3. The SMILES string of the molecule is CC(C)(C)c1nc2cc(S(=O)(=O)N3CCC(c4ccccc4)C3)ccc2n1CC1CCOCC1. The molecule has 182 valence electrons. The molecule has 1 atom stereocenters. The smallest absolute Gasteiger partial charge is 0.243 e. The van der Waals surface area contributed by atoms with Crippen LogP contribution in [0.4, 0.5) is 0 Å². The summed E-state index contributed by atoms with van der Waals surface area (Å²) in [7, 11) is -3.57. The van der Waals surface area contributed by atoms with E-state index in [2.05, 4.69) is 37.5 Å². The van der Waals surface area contributed by atoms with Gasteiger partial charge in [0.2, 0.25) is 10.0 Å². The molecule has 0 radical (unpaired) electrons. The van der Waals surface area contributed by atoms with Gasteiger partial charge in [0.05, 0.1) is 15.9 Å². The number of hydrogen-bond donors (Lipinski definition) is 0. The van der Waals surface area contributed by atoms with Crippen molar-refractivity contribution in [1.29, 1.82) is 0 Å². The predicted molar refractivity (Wildman–Crippen MR) is 135 cm³/mol. The van der Waals surface area contributed by atoms with Gasteiger partial charge in [-0.2, -0.15) is 4.31 Å². The van der Waals surface area contributed by atoms with Crippen LogP contribution in [0.15, 0.2) is 53.4 Å². The first-order valence-corrected chi connectivity index (χ1v) is 13.8. The highest BCUT2D eigenvalue weighted by Crippen LogP contribution is 2.34. The molecule has 5 rings (SSSR count). The average Bonchev–Trinajstić information content (AvgIpc) is 3.46. The van der Waals surface area contributed by atoms with Gasteiger partial charge in [0, 0.05) is 38.3 Å². The maximum absolute atomic E-state index is 13.5. The topological polar surface area (TPSA) is 64.4 Å². The van der Waals surface area contributed by atoms with Gasteiger partial charge in [-0.25, -0.2) is 13.4 Å². The Kier molecular flexibility index (Phi) is 6.29. The number of ether oxygens (including phenoxy) is 1. The number of sulfonamides is 1. The van der Waals surface area contributed by atoms with Gasteiger partial charge in [-0.15, -0.1) is 0 Å². The van der Waals surface area contributed by atoms with Gasteiger partial charge in [-0.05, 0) is 54.9 Å². The van der Waals surface area contributed by atoms with Crippen molar-refractivity contribution in [1.82, 2.24) is 13.9 Å². The zero-order valence-corrected chi connectivity index (χ0v) is 21.2. The van der Waals surface area contributed by atoms with E-state index in [9.17, 15) is 8.42 Å². The van der Waals surface area contributed by atoms with E-state index >= 15 is 0 Å². The third-order valence-corrected chi connectivity index (χ3v) is 9.09. The van der Waals surface area contributed by atoms with Gasteiger partial charge in [0.15, 0.2) is 0 Å². The number of imidazole rings is 1. The van der Waals surface area contributed by atoms with Gasteiger partial charge in [-0.3, -0.25) is 0 Å². The molecule has 7 heteroatoms. The number of nitrogens with zero attached hydrogens (tertiary/aromatic N) is 3. The van der Waals surface area contributed by atoms with Gasteiger partial charge < -0.3 is 9.30 Å². The number of rotatable bonds is 5. The molecule has 2 aliphatic heterocycles. The van der Waals surface area contributed by atoms with Crippen LogP contribution in [0, 0.1) is 5.92 Å². The quantitative estimate of drug-likeness (QED) is 0.518. The maximum Gasteiger partial charge on any atom is 0.243 e. The number of hydrogen-bond acceptors (Lipinski definition) is 4. The monoisotopic (exact) mass is 481 g/mol. The van der Waals surface area contributed by atoms with Crippen molar-refractivity contribution in [2.24, 2.45) is 5.92 Å². The lowest BCUT2D eigenvalue weighted by molar-refractivity contribution is 0.0611. The summed E-state index contributed by atoms with van der Waals surface area (Å²) in [5.41, 5.74) is 2.84. The van der Waals surface area contributed by atoms with E-state index in [1.807, 2.05) is 24.3 Å². The van der Waals surface area contributed by atoms with Gasteiger partial charge in [-0.1, -0.05) is 51.1 Å². The minimum absolute atomic E-state index is 0.138. The third kappa shape index (κ3) is 4.53. The molecular weight excluding hydrogens is 446 g/mol. The van der Waals surface area contributed by atoms with Crippen molar-refractivity contribution in [3.05, 3.63) is 59.9 Å². The molecular formula is C27H35N3O3S. The van der Waals surface area contributed by atoms with Gasteiger partial charge in [0.1, 0.15) is 5.82 Å². The summed E-state index contributed by atoms with van der Waals surface area (Å²) < 4.78 is 36.6. The molecule has 0 bridgehead atoms. The van der Waals surface area contributed by atoms with Crippen LogP contribution >= 0.6 is 0 Å². The lowest BCUT2D eigenvalue weighted by Gasteiger charge is -2.26. The highest BCUT2D eigenvalue weighted by atomic mass is 32.2. The second kappa shape index (κ2) is 9.10. The molecule has 0 amide bonds. The van der Waals surface area contributed by atoms with Crippen molar-refractivity contribution in [3.63, 3.8) is 0 Å². The Hall–Kier alpha value is -2.22. The first-order chi connectivity index (χ1) is 16.2. The van der Waals surface area contributed by atoms with Crippen LogP contribution in [0.25, 0.3) is 11.0 Å². The Morgan fingerprint density at radius 1 is 1.03 bits per heavy atom. The summed E-state index contributed by atoms with van der Waals surface area (Å²) in [5.74, 6) is 1.80. The molecule has 0 N–H and O–H groups in total. The van der Waals surface area contributed by atoms with E-state index < -0.39 is 10.0 Å². The molecule has 2 aromatic carbocycles. The van der Waals surface area contributed by atoms with Crippen molar-refractivity contribution in [2.75, 3.05) is 26.3 Å². The van der Waals surface area contributed by atoms with Crippen molar-refractivity contribution < 1.29 is 13.2 Å². The van der Waals surface area contributed by atoms with Gasteiger partial charge >= 0.3 is 0 Å². The summed E-state index contributed by atoms with van der Waals surface area (Å²) in [5, 5.41) is 0. The minimum atomic E-state index is -3.57. The summed E-state index contributed by atoms with van der Waals surface area (Å²) in [6.45, 7) is 10.1. The van der Waals surface area contributed by atoms with Crippen LogP contribution < -0.4 is 0 Å². The number of aromatic nitrogens is 2. The summed E-state index contributed by atoms with van der Waals surface area (Å²) in [6.07, 6.45) is 2.94. The molecule has 3 aromatic rings. The Morgan fingerprint density at radius 2 is 1.76 bits per heavy atom. The summed E-state index contributed by atoms with van der Waals surface area (Å²) in [6, 6.07) is 15.7. The molecule has 34 heavy (non-hydrogen) atoms. The van der Waals surface area contributed by atoms with Gasteiger partial charge in [0.25, 0.3) is 0 Å². The first kappa shape index (κ1) is 23.5. The van der Waals surface area contributed by atoms with E-state index in [0.29, 0.717) is 23.9 Å². The fraction of sp³-hybridized carbons (Fsp3) is 0.519. The second-order valence-corrected chi connectivity index (χ2v) is 12.7. The fourth-order valence-corrected chi connectivity index (χ4v) is 6.83. The Morgan fingerprint density at radius 3 is 2.47 bits per heavy atom. The molecule has 2 saturated heterocycles. The van der Waals surface area contributed by atoms with E-state index in [1.165, 1.54) is 5.56 Å². The van der Waals surface area contributed by atoms with Crippen LogP contribution in [0.1, 0.15) is 57.3 Å². The van der Waals surface area contributed by atoms with E-state index in [-0.39, 0.29) is 11.3 Å². The lowest BCUT2D eigenvalue weighted by Crippen LogP contribution is -2.28. The van der Waals surface area contributed by atoms with E-state index in [0.717, 1.165) is 55.9 Å². The fourth-order valence-electron chi connectivity index (χ4n) is 5.31. The molecule has 6 nitrogen and oxygen atoms in total. The molecule has 0 saturated carbocycles. The van der Waals surface area contributed by atoms with Crippen LogP contribution in [-0.2, 0) is 26.7 Å². The van der Waals surface area contributed by atoms with Crippen LogP contribution in [0.5, 0.6) is 0 Å². The first-order valence-electron chi connectivity index (χ1n) is 12.4. The van der Waals surface area contributed by atoms with Crippen LogP contribution in [-0.4, -0.2) is 48.6 Å². The normalized spacial score (nSPS) is 20.9. The lowest BCUT2D eigenvalue weighted by atomic mass is 9.94. The summed E-state index contributed by atoms with van der Waals surface area (Å²) >= 11 is 0. The largest absolute Gasteiger partial charge is 0.381 e. The molecule has 0 spiro atoms. The van der Waals surface area contributed by atoms with Crippen molar-refractivity contribution >= 4 is 21.1 Å². The summed E-state index contributed by atoms with van der Waals surface area (Å²) in [4.78, 5) is 5.30. The third-order valence-electron chi connectivity index (χ3n) is 7.23. The second-order valence-electron chi connectivity index (χ2n) is 10.8. The Balaban J connectivity index is 1.45. The van der Waals surface area contributed by atoms with E-state index in [4.69, 9.17) is 9.72 Å².